The van der Waals surface area contributed by atoms with Crippen molar-refractivity contribution < 1.29 is 4.79 Å². The van der Waals surface area contributed by atoms with Gasteiger partial charge in [0.1, 0.15) is 0 Å². The Labute approximate surface area is 121 Å². The summed E-state index contributed by atoms with van der Waals surface area (Å²) in [6, 6.07) is 6.02. The van der Waals surface area contributed by atoms with Crippen LogP contribution in [0.15, 0.2) is 18.2 Å². The number of amides is 1. The predicted molar refractivity (Wildman–Crippen MR) is 82.0 cm³/mol. The summed E-state index contributed by atoms with van der Waals surface area (Å²) in [7, 11) is 0. The summed E-state index contributed by atoms with van der Waals surface area (Å²) in [6.07, 6.45) is 0.939. The molecule has 4 nitrogen and oxygen atoms in total. The average Bonchev–Trinajstić information content (AvgIpc) is 2.51. The van der Waals surface area contributed by atoms with Crippen molar-refractivity contribution in [2.45, 2.75) is 26.8 Å². The molecule has 1 aromatic rings. The fourth-order valence-corrected chi connectivity index (χ4v) is 2.71. The van der Waals surface area contributed by atoms with Crippen LogP contribution >= 0.6 is 0 Å². The molecule has 0 atom stereocenters. The molecule has 2 rings (SSSR count). The largest absolute Gasteiger partial charge is 0.351 e. The minimum Gasteiger partial charge on any atom is -0.351 e. The Morgan fingerprint density at radius 2 is 2.15 bits per heavy atom. The van der Waals surface area contributed by atoms with Crippen molar-refractivity contribution in [3.63, 3.8) is 0 Å². The molecule has 0 saturated heterocycles. The molecule has 20 heavy (non-hydrogen) atoms. The van der Waals surface area contributed by atoms with Gasteiger partial charge >= 0.3 is 0 Å². The highest BCUT2D eigenvalue weighted by atomic mass is 16.1. The smallest absolute Gasteiger partial charge is 0.251 e. The number of rotatable bonds is 6. The number of carbonyl (C=O) groups is 1. The van der Waals surface area contributed by atoms with Gasteiger partial charge in [-0.3, -0.25) is 4.79 Å². The van der Waals surface area contributed by atoms with Gasteiger partial charge in [0.15, 0.2) is 0 Å². The van der Waals surface area contributed by atoms with Gasteiger partial charge in [-0.05, 0) is 43.2 Å². The predicted octanol–water partition coefficient (Wildman–Crippen LogP) is 1.40. The van der Waals surface area contributed by atoms with E-state index in [0.717, 1.165) is 44.7 Å². The quantitative estimate of drug-likeness (QED) is 0.825. The van der Waals surface area contributed by atoms with Crippen LogP contribution in [0.2, 0.25) is 0 Å². The first-order valence-corrected chi connectivity index (χ1v) is 7.58. The summed E-state index contributed by atoms with van der Waals surface area (Å²) in [6.45, 7) is 9.79. The van der Waals surface area contributed by atoms with Crippen molar-refractivity contribution in [1.29, 1.82) is 0 Å². The zero-order valence-corrected chi connectivity index (χ0v) is 12.5. The number of hydrogen-bond donors (Lipinski definition) is 2. The minimum atomic E-state index is 0.0657. The second-order valence-electron chi connectivity index (χ2n) is 5.15. The fraction of sp³-hybridized carbons (Fsp3) is 0.562. The first kappa shape index (κ1) is 15.0. The number of likely N-dealkylation sites (N-methyl/N-ethyl adjacent to an activating group) is 1. The number of carbonyl (C=O) groups excluding carboxylic acids is 1. The molecule has 0 spiro atoms. The van der Waals surface area contributed by atoms with Crippen LogP contribution in [-0.2, 0) is 13.0 Å². The highest BCUT2D eigenvalue weighted by Gasteiger charge is 2.16. The molecule has 1 aliphatic rings. The third kappa shape index (κ3) is 3.58. The Kier molecular flexibility index (Phi) is 5.56. The minimum absolute atomic E-state index is 0.0657. The van der Waals surface area contributed by atoms with Gasteiger partial charge in [-0.25, -0.2) is 0 Å². The van der Waals surface area contributed by atoms with Crippen molar-refractivity contribution in [1.82, 2.24) is 15.5 Å². The van der Waals surface area contributed by atoms with Crippen molar-refractivity contribution in [2.24, 2.45) is 0 Å². The average molecular weight is 275 g/mol. The van der Waals surface area contributed by atoms with E-state index < -0.39 is 0 Å². The summed E-state index contributed by atoms with van der Waals surface area (Å²) < 4.78 is 0. The zero-order chi connectivity index (χ0) is 14.4. The highest BCUT2D eigenvalue weighted by molar-refractivity contribution is 5.96. The van der Waals surface area contributed by atoms with Crippen LogP contribution in [0.3, 0.4) is 0 Å². The monoisotopic (exact) mass is 275 g/mol. The molecule has 0 bridgehead atoms. The Morgan fingerprint density at radius 1 is 1.35 bits per heavy atom. The lowest BCUT2D eigenvalue weighted by atomic mass is 9.95. The molecule has 1 aromatic carbocycles. The van der Waals surface area contributed by atoms with Crippen molar-refractivity contribution in [3.05, 3.63) is 34.9 Å². The first-order chi connectivity index (χ1) is 9.76. The molecule has 1 heterocycles. The maximum absolute atomic E-state index is 12.3. The summed E-state index contributed by atoms with van der Waals surface area (Å²) >= 11 is 0. The standard InChI is InChI=1S/C16H25N3O/c1-3-19(4-2)11-10-18-16(20)15-7-5-6-13-12-17-9-8-14(13)15/h5-7,17H,3-4,8-12H2,1-2H3,(H,18,20). The fourth-order valence-electron chi connectivity index (χ4n) is 2.71. The van der Waals surface area contributed by atoms with Gasteiger partial charge in [0.25, 0.3) is 5.91 Å². The molecule has 2 N–H and O–H groups in total. The Bertz CT molecular complexity index is 455. The highest BCUT2D eigenvalue weighted by Crippen LogP contribution is 2.18. The van der Waals surface area contributed by atoms with E-state index in [1.165, 1.54) is 11.1 Å². The topological polar surface area (TPSA) is 44.4 Å². The number of fused-ring (bicyclic) bond motifs is 1. The second-order valence-corrected chi connectivity index (χ2v) is 5.15. The van der Waals surface area contributed by atoms with E-state index in [4.69, 9.17) is 0 Å². The molecule has 110 valence electrons. The van der Waals surface area contributed by atoms with Crippen molar-refractivity contribution in [2.75, 3.05) is 32.7 Å². The molecular formula is C16H25N3O. The molecular weight excluding hydrogens is 250 g/mol. The van der Waals surface area contributed by atoms with Gasteiger partial charge in [0, 0.05) is 25.2 Å². The van der Waals surface area contributed by atoms with Crippen LogP contribution in [0.1, 0.15) is 35.3 Å². The van der Waals surface area contributed by atoms with E-state index in [1.807, 2.05) is 12.1 Å². The van der Waals surface area contributed by atoms with E-state index in [1.54, 1.807) is 0 Å². The van der Waals surface area contributed by atoms with Crippen molar-refractivity contribution >= 4 is 5.91 Å². The van der Waals surface area contributed by atoms with Crippen LogP contribution in [-0.4, -0.2) is 43.5 Å². The molecule has 0 saturated carbocycles. The lowest BCUT2D eigenvalue weighted by Gasteiger charge is -2.21. The van der Waals surface area contributed by atoms with Gasteiger partial charge in [0.2, 0.25) is 0 Å². The van der Waals surface area contributed by atoms with Crippen LogP contribution in [0, 0.1) is 0 Å². The maximum atomic E-state index is 12.3. The van der Waals surface area contributed by atoms with E-state index in [-0.39, 0.29) is 5.91 Å². The molecule has 0 aliphatic carbocycles. The lowest BCUT2D eigenvalue weighted by molar-refractivity contribution is 0.0947. The molecule has 1 aliphatic heterocycles. The molecule has 1 amide bonds. The Hall–Kier alpha value is -1.39. The lowest BCUT2D eigenvalue weighted by Crippen LogP contribution is -2.35. The van der Waals surface area contributed by atoms with Crippen LogP contribution in [0.25, 0.3) is 0 Å². The van der Waals surface area contributed by atoms with Crippen molar-refractivity contribution in [3.8, 4) is 0 Å². The maximum Gasteiger partial charge on any atom is 0.251 e. The second kappa shape index (κ2) is 7.41. The Balaban J connectivity index is 1.96. The van der Waals surface area contributed by atoms with Gasteiger partial charge < -0.3 is 15.5 Å². The normalized spacial score (nSPS) is 14.2. The SMILES string of the molecule is CCN(CC)CCNC(=O)c1cccc2c1CCNC2. The molecule has 4 heteroatoms. The molecule has 0 fully saturated rings. The third-order valence-electron chi connectivity index (χ3n) is 3.99. The number of nitrogens with zero attached hydrogens (tertiary/aromatic N) is 1. The number of hydrogen-bond acceptors (Lipinski definition) is 3. The third-order valence-corrected chi connectivity index (χ3v) is 3.99. The summed E-state index contributed by atoms with van der Waals surface area (Å²) in [5.74, 6) is 0.0657. The van der Waals surface area contributed by atoms with Crippen LogP contribution in [0.4, 0.5) is 0 Å². The molecule has 0 aromatic heterocycles. The van der Waals surface area contributed by atoms with Gasteiger partial charge in [-0.2, -0.15) is 0 Å². The summed E-state index contributed by atoms with van der Waals surface area (Å²) in [5, 5.41) is 6.39. The van der Waals surface area contributed by atoms with E-state index in [9.17, 15) is 4.79 Å². The number of benzene rings is 1. The Morgan fingerprint density at radius 3 is 2.90 bits per heavy atom. The van der Waals surface area contributed by atoms with Crippen LogP contribution in [0.5, 0.6) is 0 Å². The van der Waals surface area contributed by atoms with Gasteiger partial charge in [-0.15, -0.1) is 0 Å². The summed E-state index contributed by atoms with van der Waals surface area (Å²) in [4.78, 5) is 14.6. The molecule has 0 unspecified atom stereocenters. The van der Waals surface area contributed by atoms with Gasteiger partial charge in [-0.1, -0.05) is 26.0 Å². The first-order valence-electron chi connectivity index (χ1n) is 7.58. The van der Waals surface area contributed by atoms with Gasteiger partial charge in [0.05, 0.1) is 0 Å². The van der Waals surface area contributed by atoms with E-state index >= 15 is 0 Å². The molecule has 0 radical (unpaired) electrons. The van der Waals surface area contributed by atoms with E-state index in [0.29, 0.717) is 6.54 Å². The zero-order valence-electron chi connectivity index (χ0n) is 12.5. The van der Waals surface area contributed by atoms with E-state index in [2.05, 4.69) is 35.4 Å². The summed E-state index contributed by atoms with van der Waals surface area (Å²) in [5.41, 5.74) is 3.32. The number of nitrogens with one attached hydrogen (secondary N) is 2. The van der Waals surface area contributed by atoms with Crippen LogP contribution < -0.4 is 10.6 Å².